The first-order valence-electron chi connectivity index (χ1n) is 13.0. The molecule has 1 N–H and O–H groups in total. The van der Waals surface area contributed by atoms with Crippen LogP contribution in [0, 0.1) is 0 Å². The van der Waals surface area contributed by atoms with Crippen LogP contribution in [-0.4, -0.2) is 74.7 Å². The number of amides is 1. The molecule has 2 fully saturated rings. The van der Waals surface area contributed by atoms with E-state index in [1.807, 2.05) is 30.3 Å². The largest absolute Gasteiger partial charge is 0.494 e. The molecule has 0 radical (unpaired) electrons. The summed E-state index contributed by atoms with van der Waals surface area (Å²) in [5, 5.41) is 3.92. The van der Waals surface area contributed by atoms with Crippen molar-refractivity contribution in [2.75, 3.05) is 57.8 Å². The summed E-state index contributed by atoms with van der Waals surface area (Å²) >= 11 is 6.36. The Hall–Kier alpha value is -2.28. The van der Waals surface area contributed by atoms with Gasteiger partial charge >= 0.3 is 0 Å². The third-order valence-electron chi connectivity index (χ3n) is 7.11. The first-order chi connectivity index (χ1) is 17.1. The molecule has 2 saturated heterocycles. The van der Waals surface area contributed by atoms with Crippen molar-refractivity contribution in [2.45, 2.75) is 44.7 Å². The number of hydrogen-bond acceptors (Lipinski definition) is 5. The predicted molar refractivity (Wildman–Crippen MR) is 143 cm³/mol. The summed E-state index contributed by atoms with van der Waals surface area (Å²) in [5.74, 6) is 1.04. The van der Waals surface area contributed by atoms with Crippen LogP contribution in [-0.2, 0) is 11.3 Å². The molecule has 6 nitrogen and oxygen atoms in total. The minimum Gasteiger partial charge on any atom is -0.494 e. The number of hydrogen-bond donors (Lipinski definition) is 1. The van der Waals surface area contributed by atoms with E-state index in [-0.39, 0.29) is 11.9 Å². The second-order valence-corrected chi connectivity index (χ2v) is 10.1. The average Bonchev–Trinajstić information content (AvgIpc) is 3.10. The Morgan fingerprint density at radius 1 is 1.00 bits per heavy atom. The van der Waals surface area contributed by atoms with Crippen molar-refractivity contribution in [3.63, 3.8) is 0 Å². The SMILES string of the molecule is CN1CCCCCC1C(=O)NCCCOc1ccc(CN2CCN(c3ccccc3Cl)CC2)cc1. The normalized spacial score (nSPS) is 19.8. The predicted octanol–water partition coefficient (Wildman–Crippen LogP) is 4.42. The van der Waals surface area contributed by atoms with Crippen LogP contribution < -0.4 is 15.0 Å². The maximum Gasteiger partial charge on any atom is 0.237 e. The van der Waals surface area contributed by atoms with E-state index < -0.39 is 0 Å². The number of carbonyl (C=O) groups excluding carboxylic acids is 1. The van der Waals surface area contributed by atoms with E-state index in [0.717, 1.165) is 75.0 Å². The number of ether oxygens (including phenoxy) is 1. The van der Waals surface area contributed by atoms with E-state index in [2.05, 4.69) is 45.3 Å². The molecule has 2 aromatic carbocycles. The Labute approximate surface area is 215 Å². The second-order valence-electron chi connectivity index (χ2n) is 9.70. The number of rotatable bonds is 9. The molecule has 1 atom stereocenters. The molecule has 0 aromatic heterocycles. The summed E-state index contributed by atoms with van der Waals surface area (Å²) in [6, 6.07) is 16.5. The van der Waals surface area contributed by atoms with E-state index in [1.165, 1.54) is 18.4 Å². The number of halogens is 1. The molecule has 190 valence electrons. The molecule has 35 heavy (non-hydrogen) atoms. The van der Waals surface area contributed by atoms with Gasteiger partial charge in [0.25, 0.3) is 0 Å². The van der Waals surface area contributed by atoms with Crippen LogP contribution in [0.25, 0.3) is 0 Å². The number of benzene rings is 2. The number of nitrogens with zero attached hydrogens (tertiary/aromatic N) is 3. The van der Waals surface area contributed by atoms with Gasteiger partial charge in [-0.3, -0.25) is 14.6 Å². The van der Waals surface area contributed by atoms with Gasteiger partial charge in [-0.25, -0.2) is 0 Å². The maximum absolute atomic E-state index is 12.5. The highest BCUT2D eigenvalue weighted by molar-refractivity contribution is 6.33. The third kappa shape index (κ3) is 7.60. The topological polar surface area (TPSA) is 48.1 Å². The fourth-order valence-corrected chi connectivity index (χ4v) is 5.23. The van der Waals surface area contributed by atoms with Gasteiger partial charge < -0.3 is 15.0 Å². The highest BCUT2D eigenvalue weighted by atomic mass is 35.5. The van der Waals surface area contributed by atoms with E-state index in [4.69, 9.17) is 16.3 Å². The fourth-order valence-electron chi connectivity index (χ4n) is 4.98. The molecule has 0 bridgehead atoms. The number of likely N-dealkylation sites (N-methyl/N-ethyl adjacent to an activating group) is 1. The Balaban J connectivity index is 1.12. The van der Waals surface area contributed by atoms with E-state index in [1.54, 1.807) is 0 Å². The third-order valence-corrected chi connectivity index (χ3v) is 7.43. The monoisotopic (exact) mass is 498 g/mol. The second kappa shape index (κ2) is 13.1. The van der Waals surface area contributed by atoms with Crippen LogP contribution in [0.3, 0.4) is 0 Å². The molecule has 2 aliphatic heterocycles. The quantitative estimate of drug-likeness (QED) is 0.518. The molecule has 4 rings (SSSR count). The van der Waals surface area contributed by atoms with Gasteiger partial charge in [0.15, 0.2) is 0 Å². The molecule has 1 amide bonds. The lowest BCUT2D eigenvalue weighted by atomic mass is 10.1. The smallest absolute Gasteiger partial charge is 0.237 e. The van der Waals surface area contributed by atoms with Crippen LogP contribution in [0.15, 0.2) is 48.5 Å². The highest BCUT2D eigenvalue weighted by Gasteiger charge is 2.24. The van der Waals surface area contributed by atoms with Crippen molar-refractivity contribution < 1.29 is 9.53 Å². The number of anilines is 1. The van der Waals surface area contributed by atoms with Crippen molar-refractivity contribution in [3.8, 4) is 5.75 Å². The van der Waals surface area contributed by atoms with E-state index in [9.17, 15) is 4.79 Å². The Morgan fingerprint density at radius 3 is 2.54 bits per heavy atom. The molecule has 0 spiro atoms. The van der Waals surface area contributed by atoms with E-state index in [0.29, 0.717) is 13.2 Å². The first-order valence-corrected chi connectivity index (χ1v) is 13.4. The molecular weight excluding hydrogens is 460 g/mol. The highest BCUT2D eigenvalue weighted by Crippen LogP contribution is 2.26. The van der Waals surface area contributed by atoms with Crippen molar-refractivity contribution >= 4 is 23.2 Å². The molecule has 2 aromatic rings. The van der Waals surface area contributed by atoms with Gasteiger partial charge in [-0.15, -0.1) is 0 Å². The van der Waals surface area contributed by atoms with Crippen LogP contribution in [0.5, 0.6) is 5.75 Å². The summed E-state index contributed by atoms with van der Waals surface area (Å²) in [5.41, 5.74) is 2.43. The number of nitrogens with one attached hydrogen (secondary N) is 1. The molecule has 0 aliphatic carbocycles. The zero-order chi connectivity index (χ0) is 24.5. The van der Waals surface area contributed by atoms with Gasteiger partial charge in [0.05, 0.1) is 23.4 Å². The van der Waals surface area contributed by atoms with Crippen molar-refractivity contribution in [1.29, 1.82) is 0 Å². The summed E-state index contributed by atoms with van der Waals surface area (Å²) < 4.78 is 5.90. The number of carbonyl (C=O) groups is 1. The number of para-hydroxylation sites is 1. The lowest BCUT2D eigenvalue weighted by Gasteiger charge is -2.36. The lowest BCUT2D eigenvalue weighted by Crippen LogP contribution is -2.46. The molecular formula is C28H39ClN4O2. The Bertz CT molecular complexity index is 931. The van der Waals surface area contributed by atoms with Gasteiger partial charge in [-0.1, -0.05) is 48.7 Å². The van der Waals surface area contributed by atoms with Gasteiger partial charge in [0, 0.05) is 39.3 Å². The summed E-state index contributed by atoms with van der Waals surface area (Å²) in [6.45, 7) is 7.22. The van der Waals surface area contributed by atoms with E-state index >= 15 is 0 Å². The Kier molecular flexibility index (Phi) is 9.69. The molecule has 2 aliphatic rings. The summed E-state index contributed by atoms with van der Waals surface area (Å²) in [4.78, 5) is 19.5. The molecule has 0 saturated carbocycles. The Morgan fingerprint density at radius 2 is 1.77 bits per heavy atom. The van der Waals surface area contributed by atoms with Gasteiger partial charge in [0.1, 0.15) is 5.75 Å². The molecule has 1 unspecified atom stereocenters. The lowest BCUT2D eigenvalue weighted by molar-refractivity contribution is -0.126. The molecule has 2 heterocycles. The van der Waals surface area contributed by atoms with Crippen molar-refractivity contribution in [2.24, 2.45) is 0 Å². The maximum atomic E-state index is 12.5. The van der Waals surface area contributed by atoms with Crippen LogP contribution in [0.1, 0.15) is 37.7 Å². The fraction of sp³-hybridized carbons (Fsp3) is 0.536. The van der Waals surface area contributed by atoms with Gasteiger partial charge in [0.2, 0.25) is 5.91 Å². The minimum atomic E-state index is 0.0186. The molecule has 7 heteroatoms. The van der Waals surface area contributed by atoms with Gasteiger partial charge in [-0.05, 0) is 62.7 Å². The number of likely N-dealkylation sites (tertiary alicyclic amines) is 1. The first kappa shape index (κ1) is 25.8. The van der Waals surface area contributed by atoms with Crippen LogP contribution >= 0.6 is 11.6 Å². The standard InChI is InChI=1S/C28H39ClN4O2/c1-31-16-6-2-3-10-27(31)28(34)30-15-7-21-35-24-13-11-23(12-14-24)22-32-17-19-33(20-18-32)26-9-5-4-8-25(26)29/h4-5,8-9,11-14,27H,2-3,6-7,10,15-22H2,1H3,(H,30,34). The average molecular weight is 499 g/mol. The van der Waals surface area contributed by atoms with Crippen molar-refractivity contribution in [1.82, 2.24) is 15.1 Å². The summed E-state index contributed by atoms with van der Waals surface area (Å²) in [7, 11) is 2.06. The van der Waals surface area contributed by atoms with Crippen LogP contribution in [0.4, 0.5) is 5.69 Å². The zero-order valence-electron chi connectivity index (χ0n) is 20.9. The van der Waals surface area contributed by atoms with Crippen molar-refractivity contribution in [3.05, 3.63) is 59.1 Å². The van der Waals surface area contributed by atoms with Gasteiger partial charge in [-0.2, -0.15) is 0 Å². The minimum absolute atomic E-state index is 0.0186. The number of piperazine rings is 1. The zero-order valence-corrected chi connectivity index (χ0v) is 21.7. The van der Waals surface area contributed by atoms with Crippen LogP contribution in [0.2, 0.25) is 5.02 Å². The summed E-state index contributed by atoms with van der Waals surface area (Å²) in [6.07, 6.45) is 5.32.